The molecule has 8 heavy (non-hydrogen) atoms. The Morgan fingerprint density at radius 3 is 2.75 bits per heavy atom. The van der Waals surface area contributed by atoms with Crippen LogP contribution in [0.4, 0.5) is 0 Å². The first kappa shape index (κ1) is 4.80. The third-order valence-electron chi connectivity index (χ3n) is 2.71. The first-order valence-corrected chi connectivity index (χ1v) is 3.58. The molecule has 1 nitrogen and oxygen atoms in total. The molecule has 46 valence electrons. The lowest BCUT2D eigenvalue weighted by Gasteiger charge is -2.41. The smallest absolute Gasteiger partial charge is 0.0133 e. The molecule has 2 atom stereocenters. The number of rotatable bonds is 0. The van der Waals surface area contributed by atoms with Crippen molar-refractivity contribution in [1.82, 2.24) is 4.90 Å². The lowest BCUT2D eigenvalue weighted by atomic mass is 9.93. The average Bonchev–Trinajstić information content (AvgIpc) is 2.09. The van der Waals surface area contributed by atoms with Gasteiger partial charge in [0.2, 0.25) is 0 Å². The molecule has 2 aliphatic rings. The minimum absolute atomic E-state index is 0.995. The van der Waals surface area contributed by atoms with Crippen LogP contribution in [0.25, 0.3) is 0 Å². The van der Waals surface area contributed by atoms with Crippen molar-refractivity contribution in [2.24, 2.45) is 5.92 Å². The third kappa shape index (κ3) is 0.455. The molecule has 2 rings (SSSR count). The number of fused-ring (bicyclic) bond motifs is 1. The van der Waals surface area contributed by atoms with Crippen molar-refractivity contribution in [1.29, 1.82) is 0 Å². The van der Waals surface area contributed by atoms with Crippen molar-refractivity contribution in [3.05, 3.63) is 0 Å². The van der Waals surface area contributed by atoms with Crippen molar-refractivity contribution in [3.63, 3.8) is 0 Å². The van der Waals surface area contributed by atoms with Gasteiger partial charge in [0.05, 0.1) is 0 Å². The highest BCUT2D eigenvalue weighted by Crippen LogP contribution is 2.37. The highest BCUT2D eigenvalue weighted by Gasteiger charge is 2.39. The summed E-state index contributed by atoms with van der Waals surface area (Å²) in [5, 5.41) is 0. The van der Waals surface area contributed by atoms with Crippen LogP contribution < -0.4 is 0 Å². The van der Waals surface area contributed by atoms with Gasteiger partial charge in [0, 0.05) is 12.6 Å². The second kappa shape index (κ2) is 1.47. The van der Waals surface area contributed by atoms with Crippen LogP contribution in [0.5, 0.6) is 0 Å². The first-order valence-electron chi connectivity index (χ1n) is 3.58. The Hall–Kier alpha value is -0.0400. The van der Waals surface area contributed by atoms with Crippen molar-refractivity contribution >= 4 is 0 Å². The standard InChI is InChI=1S/C7H13N/c1-8-5-6-3-2-4-7(6)8/h6-7H,2-5H2,1H3/t6?,7-/m1/s1. The predicted molar refractivity (Wildman–Crippen MR) is 33.8 cm³/mol. The largest absolute Gasteiger partial charge is 0.303 e. The van der Waals surface area contributed by atoms with Crippen LogP contribution >= 0.6 is 0 Å². The summed E-state index contributed by atoms with van der Waals surface area (Å²) >= 11 is 0. The molecule has 0 N–H and O–H groups in total. The molecule has 1 saturated carbocycles. The molecule has 0 spiro atoms. The Kier molecular flexibility index (Phi) is 0.884. The van der Waals surface area contributed by atoms with Crippen molar-refractivity contribution in [2.75, 3.05) is 13.6 Å². The van der Waals surface area contributed by atoms with Gasteiger partial charge in [0.25, 0.3) is 0 Å². The Balaban J connectivity index is 2.02. The Morgan fingerprint density at radius 1 is 1.38 bits per heavy atom. The van der Waals surface area contributed by atoms with Crippen LogP contribution in [0.3, 0.4) is 0 Å². The fraction of sp³-hybridized carbons (Fsp3) is 1.00. The summed E-state index contributed by atoms with van der Waals surface area (Å²) in [4.78, 5) is 2.48. The molecule has 0 radical (unpaired) electrons. The highest BCUT2D eigenvalue weighted by atomic mass is 15.2. The van der Waals surface area contributed by atoms with Crippen LogP contribution in [0.15, 0.2) is 0 Å². The second-order valence-electron chi connectivity index (χ2n) is 3.20. The maximum Gasteiger partial charge on any atom is 0.0133 e. The van der Waals surface area contributed by atoms with E-state index in [1.807, 2.05) is 0 Å². The minimum Gasteiger partial charge on any atom is -0.303 e. The van der Waals surface area contributed by atoms with E-state index in [4.69, 9.17) is 0 Å². The molecule has 2 fully saturated rings. The van der Waals surface area contributed by atoms with Gasteiger partial charge in [-0.25, -0.2) is 0 Å². The molecule has 1 aliphatic heterocycles. The van der Waals surface area contributed by atoms with Gasteiger partial charge in [-0.05, 0) is 25.8 Å². The fourth-order valence-corrected chi connectivity index (χ4v) is 2.18. The van der Waals surface area contributed by atoms with E-state index < -0.39 is 0 Å². The highest BCUT2D eigenvalue weighted by molar-refractivity contribution is 4.93. The average molecular weight is 111 g/mol. The zero-order valence-electron chi connectivity index (χ0n) is 5.43. The molecule has 0 aromatic heterocycles. The molecular formula is C7H13N. The summed E-state index contributed by atoms with van der Waals surface area (Å²) in [7, 11) is 2.24. The molecular weight excluding hydrogens is 98.1 g/mol. The van der Waals surface area contributed by atoms with E-state index in [1.165, 1.54) is 25.8 Å². The summed E-state index contributed by atoms with van der Waals surface area (Å²) in [6, 6.07) is 0.995. The van der Waals surface area contributed by atoms with Gasteiger partial charge in [-0.15, -0.1) is 0 Å². The normalized spacial score (nSPS) is 46.1. The Labute approximate surface area is 50.7 Å². The van der Waals surface area contributed by atoms with Crippen LogP contribution in [-0.4, -0.2) is 24.5 Å². The topological polar surface area (TPSA) is 3.24 Å². The van der Waals surface area contributed by atoms with Gasteiger partial charge in [0.1, 0.15) is 0 Å². The zero-order chi connectivity index (χ0) is 5.56. The van der Waals surface area contributed by atoms with E-state index >= 15 is 0 Å². The maximum atomic E-state index is 2.48. The lowest BCUT2D eigenvalue weighted by Crippen LogP contribution is -2.50. The molecule has 0 aromatic rings. The Bertz CT molecular complexity index is 101. The summed E-state index contributed by atoms with van der Waals surface area (Å²) in [5.41, 5.74) is 0. The van der Waals surface area contributed by atoms with Gasteiger partial charge in [-0.1, -0.05) is 6.42 Å². The Morgan fingerprint density at radius 2 is 2.25 bits per heavy atom. The van der Waals surface area contributed by atoms with Crippen LogP contribution in [0, 0.1) is 5.92 Å². The molecule has 1 aliphatic carbocycles. The lowest BCUT2D eigenvalue weighted by molar-refractivity contribution is 0.0679. The predicted octanol–water partition coefficient (Wildman–Crippen LogP) is 1.10. The molecule has 1 unspecified atom stereocenters. The van der Waals surface area contributed by atoms with Gasteiger partial charge < -0.3 is 4.90 Å². The van der Waals surface area contributed by atoms with Gasteiger partial charge in [-0.3, -0.25) is 0 Å². The molecule has 1 heteroatoms. The number of hydrogen-bond acceptors (Lipinski definition) is 1. The van der Waals surface area contributed by atoms with Crippen LogP contribution in [0.2, 0.25) is 0 Å². The van der Waals surface area contributed by atoms with Crippen molar-refractivity contribution in [3.8, 4) is 0 Å². The molecule has 1 heterocycles. The number of hydrogen-bond donors (Lipinski definition) is 0. The summed E-state index contributed by atoms with van der Waals surface area (Å²) in [6.45, 7) is 1.38. The van der Waals surface area contributed by atoms with Gasteiger partial charge in [0.15, 0.2) is 0 Å². The van der Waals surface area contributed by atoms with Crippen molar-refractivity contribution < 1.29 is 0 Å². The van der Waals surface area contributed by atoms with Crippen LogP contribution in [0.1, 0.15) is 19.3 Å². The summed E-state index contributed by atoms with van der Waals surface area (Å²) < 4.78 is 0. The van der Waals surface area contributed by atoms with Crippen molar-refractivity contribution in [2.45, 2.75) is 25.3 Å². The van der Waals surface area contributed by atoms with E-state index in [2.05, 4.69) is 11.9 Å². The maximum absolute atomic E-state index is 2.48. The number of likely N-dealkylation sites (tertiary alicyclic amines) is 1. The van der Waals surface area contributed by atoms with Gasteiger partial charge in [-0.2, -0.15) is 0 Å². The minimum atomic E-state index is 0.995. The molecule has 0 bridgehead atoms. The molecule has 1 saturated heterocycles. The van der Waals surface area contributed by atoms with Crippen LogP contribution in [-0.2, 0) is 0 Å². The molecule has 0 amide bonds. The van der Waals surface area contributed by atoms with E-state index in [1.54, 1.807) is 0 Å². The molecule has 0 aromatic carbocycles. The monoisotopic (exact) mass is 111 g/mol. The third-order valence-corrected chi connectivity index (χ3v) is 2.71. The van der Waals surface area contributed by atoms with E-state index in [0.717, 1.165) is 12.0 Å². The number of nitrogens with zero attached hydrogens (tertiary/aromatic N) is 1. The zero-order valence-corrected chi connectivity index (χ0v) is 5.43. The summed E-state index contributed by atoms with van der Waals surface area (Å²) in [6.07, 6.45) is 4.47. The van der Waals surface area contributed by atoms with E-state index in [9.17, 15) is 0 Å². The van der Waals surface area contributed by atoms with E-state index in [-0.39, 0.29) is 0 Å². The quantitative estimate of drug-likeness (QED) is 0.452. The first-order chi connectivity index (χ1) is 3.88. The summed E-state index contributed by atoms with van der Waals surface area (Å²) in [5.74, 6) is 1.10. The van der Waals surface area contributed by atoms with E-state index in [0.29, 0.717) is 0 Å². The second-order valence-corrected chi connectivity index (χ2v) is 3.20. The SMILES string of the molecule is CN1CC2CCC[C@H]21. The van der Waals surface area contributed by atoms with Gasteiger partial charge >= 0.3 is 0 Å². The fourth-order valence-electron chi connectivity index (χ4n) is 2.18.